The van der Waals surface area contributed by atoms with E-state index in [-0.39, 0.29) is 17.4 Å². The number of aryl methyl sites for hydroxylation is 1. The molecule has 2 fully saturated rings. The van der Waals surface area contributed by atoms with E-state index in [2.05, 4.69) is 11.8 Å². The van der Waals surface area contributed by atoms with E-state index in [1.165, 1.54) is 12.1 Å². The Hall–Kier alpha value is -1.76. The van der Waals surface area contributed by atoms with Crippen molar-refractivity contribution in [3.8, 4) is 11.8 Å². The molecule has 0 amide bonds. The zero-order valence-electron chi connectivity index (χ0n) is 17.1. The van der Waals surface area contributed by atoms with Gasteiger partial charge in [-0.25, -0.2) is 8.78 Å². The lowest BCUT2D eigenvalue weighted by molar-refractivity contribution is 0.167. The standard InChI is InChI=1S/C25H30F4/c1-2-3-19-14-23(26)22(24(27)15-19)13-8-17-4-9-20(10-5-17)21-11-6-18(7-12-21)16-25(28)29/h14-18,20-21H,2-7,9-12H2,1H3/t17?,18-,20?,21-. The molecule has 0 aromatic heterocycles. The Bertz CT molecular complexity index is 743. The Labute approximate surface area is 171 Å². The van der Waals surface area contributed by atoms with Gasteiger partial charge in [0.2, 0.25) is 0 Å². The van der Waals surface area contributed by atoms with Crippen LogP contribution in [-0.4, -0.2) is 0 Å². The molecule has 2 saturated carbocycles. The largest absolute Gasteiger partial charge is 0.266 e. The Morgan fingerprint density at radius 2 is 1.48 bits per heavy atom. The lowest BCUT2D eigenvalue weighted by atomic mass is 9.69. The molecule has 0 N–H and O–H groups in total. The topological polar surface area (TPSA) is 0 Å². The Balaban J connectivity index is 1.52. The molecule has 0 unspecified atom stereocenters. The molecule has 0 heterocycles. The molecule has 0 aliphatic heterocycles. The second-order valence-corrected chi connectivity index (χ2v) is 8.70. The summed E-state index contributed by atoms with van der Waals surface area (Å²) in [6, 6.07) is 2.79. The van der Waals surface area contributed by atoms with Gasteiger partial charge < -0.3 is 0 Å². The minimum absolute atomic E-state index is 0.0342. The van der Waals surface area contributed by atoms with Gasteiger partial charge in [-0.1, -0.05) is 25.2 Å². The lowest BCUT2D eigenvalue weighted by Crippen LogP contribution is -2.25. The minimum Gasteiger partial charge on any atom is -0.206 e. The van der Waals surface area contributed by atoms with E-state index < -0.39 is 17.7 Å². The van der Waals surface area contributed by atoms with E-state index in [4.69, 9.17) is 0 Å². The molecule has 2 aliphatic rings. The normalized spacial score (nSPS) is 27.1. The number of benzene rings is 1. The van der Waals surface area contributed by atoms with E-state index in [0.717, 1.165) is 63.9 Å². The van der Waals surface area contributed by atoms with Crippen LogP contribution in [0.15, 0.2) is 24.3 Å². The van der Waals surface area contributed by atoms with Crippen molar-refractivity contribution in [1.29, 1.82) is 0 Å². The summed E-state index contributed by atoms with van der Waals surface area (Å²) < 4.78 is 53.3. The van der Waals surface area contributed by atoms with Gasteiger partial charge in [-0.15, -0.1) is 0 Å². The maximum Gasteiger partial charge on any atom is 0.266 e. The highest BCUT2D eigenvalue weighted by atomic mass is 19.3. The van der Waals surface area contributed by atoms with Crippen LogP contribution in [-0.2, 0) is 6.42 Å². The van der Waals surface area contributed by atoms with Crippen LogP contribution in [0.3, 0.4) is 0 Å². The van der Waals surface area contributed by atoms with Crippen molar-refractivity contribution in [3.63, 3.8) is 0 Å². The van der Waals surface area contributed by atoms with Gasteiger partial charge in [0.1, 0.15) is 11.6 Å². The molecular weight excluding hydrogens is 376 g/mol. The van der Waals surface area contributed by atoms with Crippen LogP contribution >= 0.6 is 0 Å². The summed E-state index contributed by atoms with van der Waals surface area (Å²) in [5.41, 5.74) is 0.562. The smallest absolute Gasteiger partial charge is 0.206 e. The third-order valence-corrected chi connectivity index (χ3v) is 6.66. The zero-order valence-corrected chi connectivity index (χ0v) is 17.1. The first-order chi connectivity index (χ1) is 14.0. The molecule has 2 aliphatic carbocycles. The van der Waals surface area contributed by atoms with Crippen LogP contribution in [0.4, 0.5) is 17.6 Å². The summed E-state index contributed by atoms with van der Waals surface area (Å²) in [6.45, 7) is 1.98. The fourth-order valence-corrected chi connectivity index (χ4v) is 5.05. The fourth-order valence-electron chi connectivity index (χ4n) is 5.05. The molecule has 3 rings (SSSR count). The van der Waals surface area contributed by atoms with E-state index in [9.17, 15) is 17.6 Å². The Morgan fingerprint density at radius 1 is 0.931 bits per heavy atom. The highest BCUT2D eigenvalue weighted by molar-refractivity contribution is 5.39. The van der Waals surface area contributed by atoms with Gasteiger partial charge >= 0.3 is 0 Å². The number of hydrogen-bond acceptors (Lipinski definition) is 0. The summed E-state index contributed by atoms with van der Waals surface area (Å²) in [4.78, 5) is 0. The summed E-state index contributed by atoms with van der Waals surface area (Å²) in [6.07, 6.45) is 8.88. The predicted molar refractivity (Wildman–Crippen MR) is 108 cm³/mol. The molecule has 0 nitrogen and oxygen atoms in total. The maximum absolute atomic E-state index is 14.2. The van der Waals surface area contributed by atoms with Crippen molar-refractivity contribution < 1.29 is 17.6 Å². The summed E-state index contributed by atoms with van der Waals surface area (Å²) in [7, 11) is 0. The Morgan fingerprint density at radius 3 is 2.00 bits per heavy atom. The fraction of sp³-hybridized carbons (Fsp3) is 0.600. The van der Waals surface area contributed by atoms with Crippen molar-refractivity contribution in [2.45, 2.75) is 71.1 Å². The molecule has 0 radical (unpaired) electrons. The number of hydrogen-bond donors (Lipinski definition) is 0. The molecule has 158 valence electrons. The molecule has 1 aromatic carbocycles. The summed E-state index contributed by atoms with van der Waals surface area (Å²) >= 11 is 0. The Kier molecular flexibility index (Phi) is 7.81. The van der Waals surface area contributed by atoms with Gasteiger partial charge in [-0.05, 0) is 99.3 Å². The summed E-state index contributed by atoms with van der Waals surface area (Å²) in [5, 5.41) is 0. The number of halogens is 4. The monoisotopic (exact) mass is 406 g/mol. The second kappa shape index (κ2) is 10.3. The molecule has 0 spiro atoms. The highest BCUT2D eigenvalue weighted by Crippen LogP contribution is 2.41. The van der Waals surface area contributed by atoms with Crippen molar-refractivity contribution in [3.05, 3.63) is 47.1 Å². The van der Waals surface area contributed by atoms with Crippen molar-refractivity contribution in [2.75, 3.05) is 0 Å². The first-order valence-corrected chi connectivity index (χ1v) is 11.0. The predicted octanol–water partition coefficient (Wildman–Crippen LogP) is 7.66. The molecule has 0 saturated heterocycles. The van der Waals surface area contributed by atoms with Crippen LogP contribution in [0, 0.1) is 47.1 Å². The van der Waals surface area contributed by atoms with Crippen molar-refractivity contribution in [1.82, 2.24) is 0 Å². The van der Waals surface area contributed by atoms with Gasteiger partial charge in [0.05, 0.1) is 5.56 Å². The SMILES string of the molecule is CCCc1cc(F)c(C#CC2CCC([C@H]3CC[C@H](C=C(F)F)CC3)CC2)c(F)c1. The lowest BCUT2D eigenvalue weighted by Gasteiger charge is -2.36. The van der Waals surface area contributed by atoms with Crippen LogP contribution in [0.5, 0.6) is 0 Å². The van der Waals surface area contributed by atoms with Crippen LogP contribution in [0.25, 0.3) is 0 Å². The van der Waals surface area contributed by atoms with Crippen LogP contribution in [0.1, 0.15) is 75.8 Å². The van der Waals surface area contributed by atoms with Gasteiger partial charge in [-0.2, -0.15) is 8.78 Å². The number of rotatable bonds is 4. The minimum atomic E-state index is -1.56. The van der Waals surface area contributed by atoms with Crippen molar-refractivity contribution >= 4 is 0 Å². The van der Waals surface area contributed by atoms with Gasteiger partial charge in [0, 0.05) is 5.92 Å². The molecule has 29 heavy (non-hydrogen) atoms. The van der Waals surface area contributed by atoms with E-state index >= 15 is 0 Å². The first kappa shape index (κ1) is 21.9. The van der Waals surface area contributed by atoms with E-state index in [0.29, 0.717) is 23.8 Å². The molecule has 1 aromatic rings. The molecule has 0 atom stereocenters. The van der Waals surface area contributed by atoms with Crippen LogP contribution < -0.4 is 0 Å². The average molecular weight is 407 g/mol. The quantitative estimate of drug-likeness (QED) is 0.356. The van der Waals surface area contributed by atoms with E-state index in [1.54, 1.807) is 0 Å². The maximum atomic E-state index is 14.2. The van der Waals surface area contributed by atoms with Gasteiger partial charge in [0.25, 0.3) is 6.08 Å². The zero-order chi connectivity index (χ0) is 20.8. The average Bonchev–Trinajstić information content (AvgIpc) is 2.68. The second-order valence-electron chi connectivity index (χ2n) is 8.70. The molecule has 4 heteroatoms. The third kappa shape index (κ3) is 6.11. The summed E-state index contributed by atoms with van der Waals surface area (Å²) in [5.74, 6) is 6.21. The first-order valence-electron chi connectivity index (χ1n) is 11.0. The van der Waals surface area contributed by atoms with Crippen LogP contribution in [0.2, 0.25) is 0 Å². The highest BCUT2D eigenvalue weighted by Gasteiger charge is 2.30. The third-order valence-electron chi connectivity index (χ3n) is 6.66. The number of allylic oxidation sites excluding steroid dienone is 1. The van der Waals surface area contributed by atoms with E-state index in [1.807, 2.05) is 6.92 Å². The van der Waals surface area contributed by atoms with Gasteiger partial charge in [0.15, 0.2) is 0 Å². The van der Waals surface area contributed by atoms with Crippen molar-refractivity contribution in [2.24, 2.45) is 23.7 Å². The van der Waals surface area contributed by atoms with Gasteiger partial charge in [-0.3, -0.25) is 0 Å². The molecular formula is C25H30F4. The molecule has 0 bridgehead atoms.